The Morgan fingerprint density at radius 3 is 2.36 bits per heavy atom. The van der Waals surface area contributed by atoms with Crippen molar-refractivity contribution in [2.24, 2.45) is 17.1 Å². The van der Waals surface area contributed by atoms with Crippen molar-refractivity contribution in [3.63, 3.8) is 0 Å². The standard InChI is InChI=1S/C36H43F2N3O4/c1-4-12-41(13-5-2)34(44)26-14-23(3)19-36(20-26,35(39)45)31(17-24-15-27(37)18-28(38)16-24)33(43)22-40-21-30-29-9-7-6-8-25(29)10-11-32(30)42/h6-11,14-16,18-19,31,33,40,42-43H,4-5,12-13,17,20-22H2,1-3H3,(H2,39,45)/t31-,33+,36?/m1/s1. The second-order valence-electron chi connectivity index (χ2n) is 12.0. The predicted molar refractivity (Wildman–Crippen MR) is 172 cm³/mol. The lowest BCUT2D eigenvalue weighted by molar-refractivity contribution is -0.132. The van der Waals surface area contributed by atoms with Crippen molar-refractivity contribution in [2.75, 3.05) is 19.6 Å². The van der Waals surface area contributed by atoms with E-state index in [9.17, 15) is 28.6 Å². The number of benzene rings is 3. The van der Waals surface area contributed by atoms with Crippen molar-refractivity contribution in [3.8, 4) is 5.75 Å². The van der Waals surface area contributed by atoms with Gasteiger partial charge in [-0.2, -0.15) is 0 Å². The number of fused-ring (bicyclic) bond motifs is 1. The molecule has 1 aliphatic carbocycles. The third kappa shape index (κ3) is 7.78. The molecule has 3 aromatic carbocycles. The molecule has 0 heterocycles. The van der Waals surface area contributed by atoms with Crippen molar-refractivity contribution < 1.29 is 28.6 Å². The lowest BCUT2D eigenvalue weighted by atomic mass is 9.63. The topological polar surface area (TPSA) is 116 Å². The van der Waals surface area contributed by atoms with Crippen LogP contribution in [0.1, 0.15) is 51.2 Å². The summed E-state index contributed by atoms with van der Waals surface area (Å²) in [6.45, 7) is 7.01. The van der Waals surface area contributed by atoms with E-state index in [0.29, 0.717) is 29.8 Å². The molecule has 1 aliphatic rings. The number of amides is 2. The summed E-state index contributed by atoms with van der Waals surface area (Å²) in [5.41, 5.74) is 6.51. The Balaban J connectivity index is 1.69. The number of hydrogen-bond donors (Lipinski definition) is 4. The van der Waals surface area contributed by atoms with Crippen LogP contribution in [0.3, 0.4) is 0 Å². The molecule has 2 amide bonds. The molecule has 3 aromatic rings. The molecule has 7 nitrogen and oxygen atoms in total. The smallest absolute Gasteiger partial charge is 0.249 e. The second kappa shape index (κ2) is 14.8. The highest BCUT2D eigenvalue weighted by Crippen LogP contribution is 2.44. The van der Waals surface area contributed by atoms with Crippen LogP contribution >= 0.6 is 0 Å². The molecule has 0 fully saturated rings. The molecule has 0 bridgehead atoms. The van der Waals surface area contributed by atoms with Crippen LogP contribution < -0.4 is 11.1 Å². The Labute approximate surface area is 263 Å². The summed E-state index contributed by atoms with van der Waals surface area (Å²) >= 11 is 0. The van der Waals surface area contributed by atoms with Crippen LogP contribution in [-0.2, 0) is 22.6 Å². The lowest BCUT2D eigenvalue weighted by Crippen LogP contribution is -2.51. The van der Waals surface area contributed by atoms with Gasteiger partial charge in [0.2, 0.25) is 11.8 Å². The van der Waals surface area contributed by atoms with Crippen LogP contribution in [0.5, 0.6) is 5.75 Å². The summed E-state index contributed by atoms with van der Waals surface area (Å²) < 4.78 is 28.6. The first-order chi connectivity index (χ1) is 21.5. The van der Waals surface area contributed by atoms with Crippen molar-refractivity contribution in [3.05, 3.63) is 101 Å². The lowest BCUT2D eigenvalue weighted by Gasteiger charge is -2.42. The van der Waals surface area contributed by atoms with Gasteiger partial charge >= 0.3 is 0 Å². The van der Waals surface area contributed by atoms with Crippen molar-refractivity contribution >= 4 is 22.6 Å². The number of nitrogens with zero attached hydrogens (tertiary/aromatic N) is 1. The number of carbonyl (C=O) groups is 2. The average Bonchev–Trinajstić information content (AvgIpc) is 2.99. The minimum absolute atomic E-state index is 0.0299. The summed E-state index contributed by atoms with van der Waals surface area (Å²) in [6.07, 6.45) is 3.57. The maximum atomic E-state index is 14.3. The molecule has 3 atom stereocenters. The number of primary amides is 1. The fourth-order valence-corrected chi connectivity index (χ4v) is 6.56. The number of aliphatic hydroxyl groups excluding tert-OH is 1. The normalized spacial score (nSPS) is 17.8. The van der Waals surface area contributed by atoms with Crippen LogP contribution in [0.15, 0.2) is 77.9 Å². The van der Waals surface area contributed by atoms with E-state index in [1.165, 1.54) is 12.1 Å². The number of halogens is 2. The van der Waals surface area contributed by atoms with E-state index in [-0.39, 0.29) is 43.2 Å². The van der Waals surface area contributed by atoms with Gasteiger partial charge in [-0.25, -0.2) is 8.78 Å². The molecule has 0 spiro atoms. The summed E-state index contributed by atoms with van der Waals surface area (Å²) in [5, 5.41) is 27.3. The number of aromatic hydroxyl groups is 1. The van der Waals surface area contributed by atoms with E-state index in [4.69, 9.17) is 5.73 Å². The molecule has 0 aromatic heterocycles. The molecular weight excluding hydrogens is 576 g/mol. The molecule has 0 saturated heterocycles. The Morgan fingerprint density at radius 2 is 1.71 bits per heavy atom. The van der Waals surface area contributed by atoms with E-state index >= 15 is 0 Å². The van der Waals surface area contributed by atoms with Gasteiger partial charge in [-0.1, -0.05) is 61.9 Å². The zero-order valence-electron chi connectivity index (χ0n) is 26.2. The number of aliphatic hydroxyl groups is 1. The zero-order chi connectivity index (χ0) is 32.7. The van der Waals surface area contributed by atoms with Gasteiger partial charge in [-0.3, -0.25) is 9.59 Å². The monoisotopic (exact) mass is 619 g/mol. The number of nitrogens with two attached hydrogens (primary N) is 1. The first-order valence-electron chi connectivity index (χ1n) is 15.5. The van der Waals surface area contributed by atoms with Gasteiger partial charge in [-0.05, 0) is 67.1 Å². The van der Waals surface area contributed by atoms with Gasteiger partial charge in [0.15, 0.2) is 0 Å². The minimum atomic E-state index is -1.53. The summed E-state index contributed by atoms with van der Waals surface area (Å²) in [6, 6.07) is 14.1. The van der Waals surface area contributed by atoms with Gasteiger partial charge < -0.3 is 26.2 Å². The number of phenolic OH excluding ortho intramolecular Hbond substituents is 1. The molecule has 45 heavy (non-hydrogen) atoms. The maximum absolute atomic E-state index is 14.3. The fraction of sp³-hybridized carbons (Fsp3) is 0.389. The van der Waals surface area contributed by atoms with Gasteiger partial charge in [0.1, 0.15) is 17.4 Å². The first-order valence-corrected chi connectivity index (χ1v) is 15.5. The molecule has 1 unspecified atom stereocenters. The zero-order valence-corrected chi connectivity index (χ0v) is 26.2. The Morgan fingerprint density at radius 1 is 1.04 bits per heavy atom. The highest BCUT2D eigenvalue weighted by atomic mass is 19.1. The Bertz CT molecular complexity index is 1580. The predicted octanol–water partition coefficient (Wildman–Crippen LogP) is 5.53. The summed E-state index contributed by atoms with van der Waals surface area (Å²) in [5.74, 6) is -3.37. The van der Waals surface area contributed by atoms with Crippen LogP contribution in [-0.4, -0.2) is 52.7 Å². The van der Waals surface area contributed by atoms with E-state index in [0.717, 1.165) is 29.7 Å². The molecule has 0 saturated carbocycles. The number of rotatable bonds is 14. The van der Waals surface area contributed by atoms with Crippen LogP contribution in [0.25, 0.3) is 10.8 Å². The van der Waals surface area contributed by atoms with Crippen molar-refractivity contribution in [1.29, 1.82) is 0 Å². The van der Waals surface area contributed by atoms with Crippen molar-refractivity contribution in [1.82, 2.24) is 10.2 Å². The molecular formula is C36H43F2N3O4. The number of allylic oxidation sites excluding steroid dienone is 2. The van der Waals surface area contributed by atoms with Gasteiger partial charge in [0.25, 0.3) is 0 Å². The highest BCUT2D eigenvalue weighted by molar-refractivity contribution is 5.97. The fourth-order valence-electron chi connectivity index (χ4n) is 6.56. The van der Waals surface area contributed by atoms with E-state index in [2.05, 4.69) is 5.32 Å². The van der Waals surface area contributed by atoms with E-state index in [1.807, 2.05) is 44.2 Å². The quantitative estimate of drug-likeness (QED) is 0.189. The highest BCUT2D eigenvalue weighted by Gasteiger charge is 2.48. The summed E-state index contributed by atoms with van der Waals surface area (Å²) in [4.78, 5) is 29.0. The molecule has 240 valence electrons. The number of phenols is 1. The van der Waals surface area contributed by atoms with E-state index in [1.54, 1.807) is 30.0 Å². The average molecular weight is 620 g/mol. The number of carbonyl (C=O) groups excluding carboxylic acids is 2. The molecule has 5 N–H and O–H groups in total. The maximum Gasteiger partial charge on any atom is 0.249 e. The third-order valence-electron chi connectivity index (χ3n) is 8.55. The molecule has 9 heteroatoms. The second-order valence-corrected chi connectivity index (χ2v) is 12.0. The van der Waals surface area contributed by atoms with Gasteiger partial charge in [0.05, 0.1) is 11.5 Å². The number of nitrogens with one attached hydrogen (secondary N) is 1. The third-order valence-corrected chi connectivity index (χ3v) is 8.55. The number of hydrogen-bond acceptors (Lipinski definition) is 5. The largest absolute Gasteiger partial charge is 0.508 e. The van der Waals surface area contributed by atoms with Crippen LogP contribution in [0, 0.1) is 23.0 Å². The van der Waals surface area contributed by atoms with E-state index < -0.39 is 35.0 Å². The SMILES string of the molecule is CCCN(CCC)C(=O)C1=CC(C)=CC(C(N)=O)([C@H](Cc2cc(F)cc(F)c2)[C@@H](O)CNCc2c(O)ccc3ccccc23)C1. The first kappa shape index (κ1) is 33.8. The Kier molecular flexibility index (Phi) is 11.1. The van der Waals surface area contributed by atoms with Gasteiger partial charge in [0, 0.05) is 49.3 Å². The Hall–Kier alpha value is -4.08. The molecule has 0 radical (unpaired) electrons. The van der Waals surface area contributed by atoms with Crippen LogP contribution in [0.4, 0.5) is 8.78 Å². The van der Waals surface area contributed by atoms with Gasteiger partial charge in [-0.15, -0.1) is 0 Å². The summed E-state index contributed by atoms with van der Waals surface area (Å²) in [7, 11) is 0. The van der Waals surface area contributed by atoms with Crippen molar-refractivity contribution in [2.45, 2.75) is 59.1 Å². The van der Waals surface area contributed by atoms with Crippen LogP contribution in [0.2, 0.25) is 0 Å². The molecule has 4 rings (SSSR count). The molecule has 0 aliphatic heterocycles. The minimum Gasteiger partial charge on any atom is -0.508 e.